The number of likely N-dealkylation sites (N-methyl/N-ethyl adjacent to an activating group) is 1. The summed E-state index contributed by atoms with van der Waals surface area (Å²) >= 11 is 1.39. The average Bonchev–Trinajstić information content (AvgIpc) is 3.21. The van der Waals surface area contributed by atoms with Crippen LogP contribution in [0, 0.1) is 10.1 Å². The molecule has 5 rings (SSSR count). The molecule has 1 aromatic heterocycles. The number of carbonyl (C=O) groups is 2. The summed E-state index contributed by atoms with van der Waals surface area (Å²) in [5.74, 6) is -0.620. The fourth-order valence-electron chi connectivity index (χ4n) is 3.97. The minimum absolute atomic E-state index is 0.00943. The number of nitro benzene ring substituents is 1. The van der Waals surface area contributed by atoms with Gasteiger partial charge in [0.05, 0.1) is 20.7 Å². The van der Waals surface area contributed by atoms with Gasteiger partial charge in [0, 0.05) is 47.1 Å². The fourth-order valence-corrected chi connectivity index (χ4v) is 5.04. The number of nitro groups is 1. The summed E-state index contributed by atoms with van der Waals surface area (Å²) < 4.78 is 0.842. The number of nitrogens with zero attached hydrogens (tertiary/aromatic N) is 4. The Kier molecular flexibility index (Phi) is 4.72. The molecule has 2 amide bonds. The maximum Gasteiger partial charge on any atom is 0.270 e. The van der Waals surface area contributed by atoms with Gasteiger partial charge in [0.15, 0.2) is 0 Å². The van der Waals surface area contributed by atoms with E-state index >= 15 is 0 Å². The van der Waals surface area contributed by atoms with Gasteiger partial charge in [0.2, 0.25) is 0 Å². The van der Waals surface area contributed by atoms with Gasteiger partial charge in [-0.2, -0.15) is 0 Å². The lowest BCUT2D eigenvalue weighted by atomic mass is 9.93. The van der Waals surface area contributed by atoms with Crippen molar-refractivity contribution in [2.24, 2.45) is 0 Å². The van der Waals surface area contributed by atoms with Crippen LogP contribution in [-0.2, 0) is 0 Å². The summed E-state index contributed by atoms with van der Waals surface area (Å²) in [4.78, 5) is 45.0. The van der Waals surface area contributed by atoms with E-state index in [-0.39, 0.29) is 17.5 Å². The van der Waals surface area contributed by atoms with Crippen LogP contribution in [0.5, 0.6) is 0 Å². The number of fused-ring (bicyclic) bond motifs is 2. The van der Waals surface area contributed by atoms with Crippen molar-refractivity contribution in [2.45, 2.75) is 0 Å². The van der Waals surface area contributed by atoms with E-state index in [2.05, 4.69) is 4.98 Å². The maximum absolute atomic E-state index is 13.3. The Balaban J connectivity index is 1.70. The lowest BCUT2D eigenvalue weighted by Crippen LogP contribution is -2.43. The molecule has 1 aliphatic rings. The summed E-state index contributed by atoms with van der Waals surface area (Å²) in [7, 11) is 3.78. The van der Waals surface area contributed by atoms with Crippen molar-refractivity contribution in [1.82, 2.24) is 14.8 Å². The van der Waals surface area contributed by atoms with Gasteiger partial charge < -0.3 is 4.90 Å². The normalized spacial score (nSPS) is 13.5. The number of non-ortho nitro benzene ring substituents is 1. The Morgan fingerprint density at radius 3 is 2.56 bits per heavy atom. The Hall–Kier alpha value is -3.69. The van der Waals surface area contributed by atoms with Gasteiger partial charge in [-0.05, 0) is 26.2 Å². The van der Waals surface area contributed by atoms with Gasteiger partial charge in [-0.1, -0.05) is 24.3 Å². The van der Waals surface area contributed by atoms with Crippen LogP contribution in [0.3, 0.4) is 0 Å². The molecule has 0 N–H and O–H groups in total. The zero-order valence-electron chi connectivity index (χ0n) is 17.4. The molecule has 4 aromatic rings. The van der Waals surface area contributed by atoms with Gasteiger partial charge in [-0.15, -0.1) is 11.3 Å². The van der Waals surface area contributed by atoms with E-state index in [1.54, 1.807) is 24.3 Å². The Morgan fingerprint density at radius 2 is 1.81 bits per heavy atom. The van der Waals surface area contributed by atoms with Crippen LogP contribution in [0.1, 0.15) is 20.7 Å². The molecule has 32 heavy (non-hydrogen) atoms. The molecule has 2 heterocycles. The first-order valence-electron chi connectivity index (χ1n) is 9.97. The molecular formula is C23H18N4O4S. The van der Waals surface area contributed by atoms with Gasteiger partial charge in [-0.3, -0.25) is 24.6 Å². The lowest BCUT2D eigenvalue weighted by molar-refractivity contribution is -0.384. The highest BCUT2D eigenvalue weighted by Gasteiger charge is 2.33. The van der Waals surface area contributed by atoms with Crippen molar-refractivity contribution in [1.29, 1.82) is 0 Å². The van der Waals surface area contributed by atoms with Crippen molar-refractivity contribution in [2.75, 3.05) is 27.2 Å². The van der Waals surface area contributed by atoms with Crippen molar-refractivity contribution >= 4 is 49.8 Å². The van der Waals surface area contributed by atoms with Crippen LogP contribution in [0.2, 0.25) is 0 Å². The van der Waals surface area contributed by atoms with Crippen LogP contribution in [0.4, 0.5) is 5.69 Å². The van der Waals surface area contributed by atoms with E-state index in [4.69, 9.17) is 0 Å². The number of carbonyl (C=O) groups excluding carboxylic acids is 2. The van der Waals surface area contributed by atoms with Crippen LogP contribution in [-0.4, -0.2) is 58.7 Å². The fraction of sp³-hybridized carbons (Fsp3) is 0.174. The molecule has 160 valence electrons. The van der Waals surface area contributed by atoms with Crippen LogP contribution in [0.25, 0.3) is 31.6 Å². The third kappa shape index (κ3) is 3.14. The summed E-state index contributed by atoms with van der Waals surface area (Å²) in [6, 6.07) is 13.5. The summed E-state index contributed by atoms with van der Waals surface area (Å²) in [6.45, 7) is 0.868. The Bertz CT molecular complexity index is 1440. The number of benzene rings is 3. The molecular weight excluding hydrogens is 428 g/mol. The van der Waals surface area contributed by atoms with Gasteiger partial charge in [-0.25, -0.2) is 4.98 Å². The molecule has 0 atom stereocenters. The second-order valence-electron chi connectivity index (χ2n) is 7.89. The highest BCUT2D eigenvalue weighted by molar-refractivity contribution is 7.22. The number of thiazole rings is 1. The molecule has 0 spiro atoms. The third-order valence-electron chi connectivity index (χ3n) is 5.54. The largest absolute Gasteiger partial charge is 0.308 e. The molecule has 0 unspecified atom stereocenters. The average molecular weight is 446 g/mol. The van der Waals surface area contributed by atoms with E-state index < -0.39 is 4.92 Å². The number of imide groups is 1. The number of rotatable bonds is 5. The smallest absolute Gasteiger partial charge is 0.270 e. The maximum atomic E-state index is 13.3. The van der Waals surface area contributed by atoms with E-state index in [9.17, 15) is 19.7 Å². The predicted molar refractivity (Wildman–Crippen MR) is 123 cm³/mol. The summed E-state index contributed by atoms with van der Waals surface area (Å²) in [5, 5.41) is 13.2. The molecule has 0 radical (unpaired) electrons. The first-order valence-corrected chi connectivity index (χ1v) is 10.8. The highest BCUT2D eigenvalue weighted by atomic mass is 32.1. The molecule has 0 aliphatic carbocycles. The first kappa shape index (κ1) is 20.2. The minimum atomic E-state index is -0.439. The predicted octanol–water partition coefficient (Wildman–Crippen LogP) is 4.18. The summed E-state index contributed by atoms with van der Waals surface area (Å²) in [6.07, 6.45) is 0. The highest BCUT2D eigenvalue weighted by Crippen LogP contribution is 2.40. The topological polar surface area (TPSA) is 96.7 Å². The minimum Gasteiger partial charge on any atom is -0.308 e. The standard InChI is InChI=1S/C23H18N4O4S/c1-25(2)9-10-26-22(28)16-8-4-7-15-19(16)17(23(26)29)12-18-20(15)32-21(24-18)13-5-3-6-14(11-13)27(30)31/h3-8,11-12H,9-10H2,1-2H3. The van der Waals surface area contributed by atoms with Crippen LogP contribution in [0.15, 0.2) is 48.5 Å². The van der Waals surface area contributed by atoms with E-state index in [0.717, 1.165) is 10.1 Å². The number of hydrogen-bond donors (Lipinski definition) is 0. The van der Waals surface area contributed by atoms with E-state index in [0.29, 0.717) is 45.7 Å². The Morgan fingerprint density at radius 1 is 1.06 bits per heavy atom. The second kappa shape index (κ2) is 7.47. The zero-order chi connectivity index (χ0) is 22.6. The first-order chi connectivity index (χ1) is 15.3. The molecule has 0 saturated carbocycles. The molecule has 0 bridgehead atoms. The van der Waals surface area contributed by atoms with E-state index in [1.807, 2.05) is 31.1 Å². The van der Waals surface area contributed by atoms with Crippen LogP contribution < -0.4 is 0 Å². The molecule has 0 saturated heterocycles. The van der Waals surface area contributed by atoms with Crippen molar-refractivity contribution in [3.8, 4) is 10.6 Å². The quantitative estimate of drug-likeness (QED) is 0.259. The number of amides is 2. The van der Waals surface area contributed by atoms with Gasteiger partial charge >= 0.3 is 0 Å². The van der Waals surface area contributed by atoms with E-state index in [1.165, 1.54) is 28.4 Å². The van der Waals surface area contributed by atoms with Crippen molar-refractivity contribution in [3.63, 3.8) is 0 Å². The monoisotopic (exact) mass is 446 g/mol. The number of aromatic nitrogens is 1. The molecule has 0 fully saturated rings. The molecule has 8 nitrogen and oxygen atoms in total. The zero-order valence-corrected chi connectivity index (χ0v) is 18.2. The molecule has 3 aromatic carbocycles. The Labute approximate surface area is 186 Å². The SMILES string of the molecule is CN(C)CCN1C(=O)c2cccc3c2c(cc2nc(-c4cccc([N+](=O)[O-])c4)sc23)C1=O. The van der Waals surface area contributed by atoms with Crippen molar-refractivity contribution < 1.29 is 14.5 Å². The molecule has 9 heteroatoms. The van der Waals surface area contributed by atoms with Gasteiger partial charge in [0.1, 0.15) is 5.01 Å². The van der Waals surface area contributed by atoms with Crippen molar-refractivity contribution in [3.05, 3.63) is 69.8 Å². The number of hydrogen-bond acceptors (Lipinski definition) is 7. The molecule has 1 aliphatic heterocycles. The second-order valence-corrected chi connectivity index (χ2v) is 8.89. The van der Waals surface area contributed by atoms with Gasteiger partial charge in [0.25, 0.3) is 17.5 Å². The third-order valence-corrected chi connectivity index (χ3v) is 6.69. The summed E-state index contributed by atoms with van der Waals surface area (Å²) in [5.41, 5.74) is 2.22. The lowest BCUT2D eigenvalue weighted by Gasteiger charge is -2.28. The van der Waals surface area contributed by atoms with Crippen LogP contribution >= 0.6 is 11.3 Å².